The monoisotopic (exact) mass is 269 g/mol. The lowest BCUT2D eigenvalue weighted by atomic mass is 10.1. The van der Waals surface area contributed by atoms with Crippen molar-refractivity contribution in [2.45, 2.75) is 19.6 Å². The Morgan fingerprint density at radius 3 is 2.40 bits per heavy atom. The number of hydrogen-bond donors (Lipinski definition) is 1. The smallest absolute Gasteiger partial charge is 0.292 e. The number of benzene rings is 2. The zero-order chi connectivity index (χ0) is 14.1. The quantitative estimate of drug-likeness (QED) is 0.528. The highest BCUT2D eigenvalue weighted by molar-refractivity contribution is 5.59. The number of nitro groups is 1. The molecule has 20 heavy (non-hydrogen) atoms. The average molecular weight is 269 g/mol. The third kappa shape index (κ3) is 2.35. The summed E-state index contributed by atoms with van der Waals surface area (Å²) in [5.41, 5.74) is 9.39. The lowest BCUT2D eigenvalue weighted by Gasteiger charge is -2.14. The summed E-state index contributed by atoms with van der Waals surface area (Å²) in [7, 11) is 0. The van der Waals surface area contributed by atoms with Gasteiger partial charge in [0, 0.05) is 25.7 Å². The zero-order valence-corrected chi connectivity index (χ0v) is 11.0. The Labute approximate surface area is 116 Å². The SMILES string of the molecule is Nc1ccc(CN2Cc3ccccc3C2)cc1[N+](=O)[O-]. The number of hydrogen-bond acceptors (Lipinski definition) is 4. The maximum atomic E-state index is 10.9. The van der Waals surface area contributed by atoms with Gasteiger partial charge in [-0.05, 0) is 22.8 Å². The van der Waals surface area contributed by atoms with Crippen LogP contribution in [0.25, 0.3) is 0 Å². The Morgan fingerprint density at radius 1 is 1.15 bits per heavy atom. The average Bonchev–Trinajstić information content (AvgIpc) is 2.82. The Hall–Kier alpha value is -2.40. The zero-order valence-electron chi connectivity index (χ0n) is 11.0. The second kappa shape index (κ2) is 4.94. The predicted molar refractivity (Wildman–Crippen MR) is 76.9 cm³/mol. The highest BCUT2D eigenvalue weighted by Crippen LogP contribution is 2.27. The van der Waals surface area contributed by atoms with E-state index in [2.05, 4.69) is 17.0 Å². The third-order valence-electron chi connectivity index (χ3n) is 3.60. The van der Waals surface area contributed by atoms with Gasteiger partial charge in [0.1, 0.15) is 5.69 Å². The fourth-order valence-electron chi connectivity index (χ4n) is 2.62. The Bertz CT molecular complexity index is 645. The number of nitrogen functional groups attached to an aromatic ring is 1. The molecule has 2 aromatic carbocycles. The molecule has 0 aliphatic carbocycles. The van der Waals surface area contributed by atoms with Crippen LogP contribution in [0, 0.1) is 10.1 Å². The molecule has 0 fully saturated rings. The van der Waals surface area contributed by atoms with Crippen LogP contribution in [-0.4, -0.2) is 9.82 Å². The molecule has 0 aromatic heterocycles. The molecule has 2 aromatic rings. The Kier molecular flexibility index (Phi) is 3.12. The van der Waals surface area contributed by atoms with Crippen molar-refractivity contribution in [1.82, 2.24) is 4.90 Å². The summed E-state index contributed by atoms with van der Waals surface area (Å²) in [5.74, 6) is 0. The van der Waals surface area contributed by atoms with Gasteiger partial charge < -0.3 is 5.73 Å². The van der Waals surface area contributed by atoms with Crippen molar-refractivity contribution in [2.24, 2.45) is 0 Å². The van der Waals surface area contributed by atoms with Crippen molar-refractivity contribution < 1.29 is 4.92 Å². The largest absolute Gasteiger partial charge is 0.393 e. The van der Waals surface area contributed by atoms with Crippen molar-refractivity contribution >= 4 is 11.4 Å². The molecule has 5 heteroatoms. The van der Waals surface area contributed by atoms with Crippen molar-refractivity contribution in [3.05, 3.63) is 69.3 Å². The van der Waals surface area contributed by atoms with Crippen molar-refractivity contribution in [1.29, 1.82) is 0 Å². The number of rotatable bonds is 3. The van der Waals surface area contributed by atoms with Gasteiger partial charge in [-0.2, -0.15) is 0 Å². The Morgan fingerprint density at radius 2 is 1.80 bits per heavy atom. The first-order valence-electron chi connectivity index (χ1n) is 6.45. The topological polar surface area (TPSA) is 72.4 Å². The van der Waals surface area contributed by atoms with Gasteiger partial charge in [0.15, 0.2) is 0 Å². The van der Waals surface area contributed by atoms with Gasteiger partial charge in [0.25, 0.3) is 5.69 Å². The highest BCUT2D eigenvalue weighted by atomic mass is 16.6. The van der Waals surface area contributed by atoms with Gasteiger partial charge in [-0.3, -0.25) is 15.0 Å². The molecule has 5 nitrogen and oxygen atoms in total. The maximum absolute atomic E-state index is 10.9. The summed E-state index contributed by atoms with van der Waals surface area (Å²) in [5, 5.41) is 10.9. The molecule has 0 atom stereocenters. The molecule has 0 saturated heterocycles. The van der Waals surface area contributed by atoms with Crippen LogP contribution in [0.2, 0.25) is 0 Å². The molecular formula is C15H15N3O2. The van der Waals surface area contributed by atoms with Crippen molar-refractivity contribution in [2.75, 3.05) is 5.73 Å². The molecule has 1 heterocycles. The van der Waals surface area contributed by atoms with E-state index in [-0.39, 0.29) is 11.4 Å². The molecule has 0 bridgehead atoms. The second-order valence-electron chi connectivity index (χ2n) is 5.06. The fraction of sp³-hybridized carbons (Fsp3) is 0.200. The number of nitro benzene ring substituents is 1. The van der Waals surface area contributed by atoms with E-state index >= 15 is 0 Å². The van der Waals surface area contributed by atoms with Crippen molar-refractivity contribution in [3.63, 3.8) is 0 Å². The van der Waals surface area contributed by atoms with Gasteiger partial charge in [-0.15, -0.1) is 0 Å². The lowest BCUT2D eigenvalue weighted by molar-refractivity contribution is -0.384. The standard InChI is InChI=1S/C15H15N3O2/c16-14-6-5-11(7-15(14)18(19)20)8-17-9-12-3-1-2-4-13(12)10-17/h1-7H,8-10,16H2. The van der Waals surface area contributed by atoms with Crippen LogP contribution in [0.4, 0.5) is 11.4 Å². The van der Waals surface area contributed by atoms with E-state index in [0.717, 1.165) is 18.7 Å². The molecule has 0 radical (unpaired) electrons. The molecule has 0 unspecified atom stereocenters. The minimum absolute atomic E-state index is 0.0146. The van der Waals surface area contributed by atoms with E-state index in [4.69, 9.17) is 5.73 Å². The van der Waals surface area contributed by atoms with Gasteiger partial charge in [0.2, 0.25) is 0 Å². The third-order valence-corrected chi connectivity index (χ3v) is 3.60. The van der Waals surface area contributed by atoms with Gasteiger partial charge >= 0.3 is 0 Å². The summed E-state index contributed by atoms with van der Waals surface area (Å²) in [6.07, 6.45) is 0. The Balaban J connectivity index is 1.77. The first-order valence-corrected chi connectivity index (χ1v) is 6.45. The lowest BCUT2D eigenvalue weighted by Crippen LogP contribution is -2.15. The van der Waals surface area contributed by atoms with Crippen molar-refractivity contribution in [3.8, 4) is 0 Å². The molecule has 1 aliphatic heterocycles. The number of anilines is 1. The number of nitrogens with zero attached hydrogens (tertiary/aromatic N) is 2. The minimum atomic E-state index is -0.433. The first-order chi connectivity index (χ1) is 9.63. The first kappa shape index (κ1) is 12.6. The molecule has 102 valence electrons. The van der Waals surface area contributed by atoms with Crippen LogP contribution in [0.3, 0.4) is 0 Å². The normalized spacial score (nSPS) is 14.2. The van der Waals surface area contributed by atoms with E-state index < -0.39 is 4.92 Å². The van der Waals surface area contributed by atoms with Crippen LogP contribution in [0.1, 0.15) is 16.7 Å². The second-order valence-corrected chi connectivity index (χ2v) is 5.06. The van der Waals surface area contributed by atoms with Crippen LogP contribution in [0.15, 0.2) is 42.5 Å². The number of nitrogens with two attached hydrogens (primary N) is 1. The fourth-order valence-corrected chi connectivity index (χ4v) is 2.62. The summed E-state index contributed by atoms with van der Waals surface area (Å²) in [6, 6.07) is 13.4. The van der Waals surface area contributed by atoms with Gasteiger partial charge in [0.05, 0.1) is 4.92 Å². The molecule has 0 saturated carbocycles. The van der Waals surface area contributed by atoms with Crippen LogP contribution >= 0.6 is 0 Å². The molecule has 3 rings (SSSR count). The molecule has 2 N–H and O–H groups in total. The van der Waals surface area contributed by atoms with E-state index in [1.54, 1.807) is 12.1 Å². The number of fused-ring (bicyclic) bond motifs is 1. The minimum Gasteiger partial charge on any atom is -0.393 e. The van der Waals surface area contributed by atoms with E-state index in [0.29, 0.717) is 6.54 Å². The van der Waals surface area contributed by atoms with Crippen LogP contribution in [0.5, 0.6) is 0 Å². The summed E-state index contributed by atoms with van der Waals surface area (Å²) >= 11 is 0. The molecule has 0 spiro atoms. The molecule has 1 aliphatic rings. The van der Waals surface area contributed by atoms with E-state index in [9.17, 15) is 10.1 Å². The van der Waals surface area contributed by atoms with E-state index in [1.165, 1.54) is 11.1 Å². The summed E-state index contributed by atoms with van der Waals surface area (Å²) in [6.45, 7) is 2.46. The van der Waals surface area contributed by atoms with Gasteiger partial charge in [-0.25, -0.2) is 0 Å². The summed E-state index contributed by atoms with van der Waals surface area (Å²) < 4.78 is 0. The molecular weight excluding hydrogens is 254 g/mol. The summed E-state index contributed by atoms with van der Waals surface area (Å²) in [4.78, 5) is 12.7. The molecule has 0 amide bonds. The predicted octanol–water partition coefficient (Wildman–Crippen LogP) is 2.69. The van der Waals surface area contributed by atoms with Gasteiger partial charge in [-0.1, -0.05) is 30.3 Å². The van der Waals surface area contributed by atoms with Crippen LogP contribution in [-0.2, 0) is 19.6 Å². The van der Waals surface area contributed by atoms with Crippen LogP contribution < -0.4 is 5.73 Å². The highest BCUT2D eigenvalue weighted by Gasteiger charge is 2.19. The maximum Gasteiger partial charge on any atom is 0.292 e. The van der Waals surface area contributed by atoms with E-state index in [1.807, 2.05) is 18.2 Å².